The van der Waals surface area contributed by atoms with Crippen LogP contribution in [0, 0.1) is 12.3 Å². The van der Waals surface area contributed by atoms with Gasteiger partial charge in [0.05, 0.1) is 11.4 Å². The SMILES string of the molecule is Cc1ccn(-c2cc(-c3cccc(C(C)C)c3)ccc2C(Oc2cc(N3CCC4(CC3)CN[C@H](C(=O)O)C4)nc(N)n2)C(F)(F)F)n1. The van der Waals surface area contributed by atoms with Crippen molar-refractivity contribution >= 4 is 17.7 Å². The molecule has 6 rings (SSSR count). The molecule has 2 fully saturated rings. The van der Waals surface area contributed by atoms with Crippen LogP contribution in [-0.2, 0) is 4.79 Å². The number of nitrogens with two attached hydrogens (primary N) is 1. The predicted molar refractivity (Wildman–Crippen MR) is 172 cm³/mol. The van der Waals surface area contributed by atoms with Gasteiger partial charge in [-0.3, -0.25) is 4.79 Å². The molecular weight excluding hydrogens is 611 g/mol. The highest BCUT2D eigenvalue weighted by atomic mass is 19.4. The first kappa shape index (κ1) is 32.3. The van der Waals surface area contributed by atoms with E-state index < -0.39 is 24.3 Å². The van der Waals surface area contributed by atoms with Crippen molar-refractivity contribution in [2.75, 3.05) is 30.3 Å². The number of aliphatic carboxylic acids is 1. The predicted octanol–water partition coefficient (Wildman–Crippen LogP) is 6.06. The van der Waals surface area contributed by atoms with Crippen molar-refractivity contribution in [3.63, 3.8) is 0 Å². The summed E-state index contributed by atoms with van der Waals surface area (Å²) in [5.41, 5.74) is 9.32. The summed E-state index contributed by atoms with van der Waals surface area (Å²) in [6.45, 7) is 7.62. The molecule has 2 atom stereocenters. The third-order valence-corrected chi connectivity index (χ3v) is 9.22. The largest absolute Gasteiger partial charge is 0.480 e. The van der Waals surface area contributed by atoms with Crippen LogP contribution in [0.1, 0.15) is 62.0 Å². The standard InChI is InChI=1S/C34H38F3N7O3/c1-20(2)22-5-4-6-23(15-22)24-7-8-25(27(16-24)44-12-9-21(3)42-44)30(34(35,36)37)47-29-17-28(40-32(38)41-29)43-13-10-33(11-14-43)18-26(31(45)46)39-19-33/h4-9,12,15-17,20,26,30,39H,10-11,13-14,18-19H2,1-3H3,(H,45,46)(H2,38,40,41)/t26-,30?/m0/s1. The van der Waals surface area contributed by atoms with Gasteiger partial charge < -0.3 is 25.8 Å². The van der Waals surface area contributed by atoms with Gasteiger partial charge in [0, 0.05) is 37.5 Å². The van der Waals surface area contributed by atoms with E-state index in [0.29, 0.717) is 50.4 Å². The van der Waals surface area contributed by atoms with Crippen LogP contribution in [0.2, 0.25) is 0 Å². The molecule has 0 amide bonds. The summed E-state index contributed by atoms with van der Waals surface area (Å²) >= 11 is 0. The van der Waals surface area contributed by atoms with E-state index in [-0.39, 0.29) is 34.4 Å². The molecule has 2 aromatic heterocycles. The number of carbonyl (C=O) groups is 1. The van der Waals surface area contributed by atoms with Gasteiger partial charge >= 0.3 is 12.1 Å². The lowest BCUT2D eigenvalue weighted by Crippen LogP contribution is -2.41. The first-order valence-corrected chi connectivity index (χ1v) is 15.7. The van der Waals surface area contributed by atoms with E-state index in [4.69, 9.17) is 10.5 Å². The Morgan fingerprint density at radius 2 is 1.83 bits per heavy atom. The number of rotatable bonds is 8. The van der Waals surface area contributed by atoms with Crippen LogP contribution >= 0.6 is 0 Å². The van der Waals surface area contributed by atoms with E-state index in [0.717, 1.165) is 16.7 Å². The van der Waals surface area contributed by atoms with Gasteiger partial charge in [0.2, 0.25) is 17.9 Å². The molecule has 2 aliphatic heterocycles. The van der Waals surface area contributed by atoms with E-state index in [9.17, 15) is 23.1 Å². The van der Waals surface area contributed by atoms with Gasteiger partial charge in [-0.2, -0.15) is 28.2 Å². The molecule has 47 heavy (non-hydrogen) atoms. The lowest BCUT2D eigenvalue weighted by Gasteiger charge is -2.39. The quantitative estimate of drug-likeness (QED) is 0.209. The second-order valence-electron chi connectivity index (χ2n) is 12.9. The lowest BCUT2D eigenvalue weighted by molar-refractivity contribution is -0.198. The molecule has 13 heteroatoms. The Hall–Kier alpha value is -4.65. The molecule has 248 valence electrons. The zero-order valence-corrected chi connectivity index (χ0v) is 26.5. The van der Waals surface area contributed by atoms with Gasteiger partial charge in [-0.05, 0) is 66.3 Å². The second-order valence-corrected chi connectivity index (χ2v) is 12.9. The Bertz CT molecular complexity index is 1770. The molecule has 4 N–H and O–H groups in total. The number of piperidine rings is 1. The summed E-state index contributed by atoms with van der Waals surface area (Å²) in [5.74, 6) is -0.747. The molecule has 4 aromatic rings. The van der Waals surface area contributed by atoms with Crippen molar-refractivity contribution in [1.29, 1.82) is 0 Å². The maximum Gasteiger partial charge on any atom is 0.429 e. The van der Waals surface area contributed by atoms with Crippen molar-refractivity contribution in [3.05, 3.63) is 77.6 Å². The van der Waals surface area contributed by atoms with Crippen molar-refractivity contribution in [3.8, 4) is 22.7 Å². The minimum absolute atomic E-state index is 0.135. The molecule has 0 saturated carbocycles. The smallest absolute Gasteiger partial charge is 0.429 e. The van der Waals surface area contributed by atoms with Crippen LogP contribution in [0.4, 0.5) is 24.9 Å². The lowest BCUT2D eigenvalue weighted by atomic mass is 9.76. The number of aryl methyl sites for hydroxylation is 1. The van der Waals surface area contributed by atoms with Crippen LogP contribution in [-0.4, -0.2) is 62.7 Å². The fourth-order valence-electron chi connectivity index (χ4n) is 6.53. The molecule has 2 saturated heterocycles. The number of alkyl halides is 3. The first-order valence-electron chi connectivity index (χ1n) is 15.7. The zero-order valence-electron chi connectivity index (χ0n) is 26.5. The Balaban J connectivity index is 1.31. The Kier molecular flexibility index (Phi) is 8.60. The van der Waals surface area contributed by atoms with Gasteiger partial charge in [-0.1, -0.05) is 50.2 Å². The summed E-state index contributed by atoms with van der Waals surface area (Å²) in [6, 6.07) is 15.2. The van der Waals surface area contributed by atoms with Crippen molar-refractivity contribution in [2.24, 2.45) is 5.41 Å². The number of nitrogens with zero attached hydrogens (tertiary/aromatic N) is 5. The minimum Gasteiger partial charge on any atom is -0.480 e. The van der Waals surface area contributed by atoms with E-state index >= 15 is 0 Å². The number of nitrogens with one attached hydrogen (secondary N) is 1. The van der Waals surface area contributed by atoms with Crippen molar-refractivity contribution < 1.29 is 27.8 Å². The Morgan fingerprint density at radius 3 is 2.47 bits per heavy atom. The maximum atomic E-state index is 14.9. The Morgan fingerprint density at radius 1 is 1.09 bits per heavy atom. The van der Waals surface area contributed by atoms with Crippen LogP contribution in [0.5, 0.6) is 5.88 Å². The molecule has 10 nitrogen and oxygen atoms in total. The van der Waals surface area contributed by atoms with Gasteiger partial charge in [0.1, 0.15) is 11.9 Å². The first-order chi connectivity index (χ1) is 22.3. The highest BCUT2D eigenvalue weighted by Crippen LogP contribution is 2.43. The van der Waals surface area contributed by atoms with Gasteiger partial charge in [-0.15, -0.1) is 0 Å². The third kappa shape index (κ3) is 6.90. The number of nitrogen functional groups attached to an aromatic ring is 1. The van der Waals surface area contributed by atoms with Gasteiger partial charge in [0.15, 0.2) is 0 Å². The van der Waals surface area contributed by atoms with E-state index in [1.165, 1.54) is 16.8 Å². The monoisotopic (exact) mass is 649 g/mol. The molecule has 0 radical (unpaired) electrons. The number of hydrogen-bond donors (Lipinski definition) is 3. The molecule has 0 aliphatic carbocycles. The number of aromatic nitrogens is 4. The number of ether oxygens (including phenoxy) is 1. The van der Waals surface area contributed by atoms with Crippen LogP contribution in [0.15, 0.2) is 60.8 Å². The van der Waals surface area contributed by atoms with E-state index in [1.807, 2.05) is 29.2 Å². The molecule has 0 bridgehead atoms. The zero-order chi connectivity index (χ0) is 33.5. The summed E-state index contributed by atoms with van der Waals surface area (Å²) in [4.78, 5) is 21.7. The minimum atomic E-state index is -4.82. The van der Waals surface area contributed by atoms with E-state index in [1.54, 1.807) is 31.3 Å². The molecule has 4 heterocycles. The highest BCUT2D eigenvalue weighted by Gasteiger charge is 2.46. The van der Waals surface area contributed by atoms with Gasteiger partial charge in [-0.25, -0.2) is 4.68 Å². The van der Waals surface area contributed by atoms with Crippen molar-refractivity contribution in [2.45, 2.75) is 64.3 Å². The summed E-state index contributed by atoms with van der Waals surface area (Å²) in [5, 5.41) is 16.9. The Labute approximate surface area is 270 Å². The molecular formula is C34H38F3N7O3. The number of carboxylic acids is 1. The molecule has 2 aliphatic rings. The molecule has 2 aromatic carbocycles. The number of anilines is 2. The summed E-state index contributed by atoms with van der Waals surface area (Å²) in [6.07, 6.45) is -3.64. The fourth-order valence-corrected chi connectivity index (χ4v) is 6.53. The maximum absolute atomic E-state index is 14.9. The average molecular weight is 650 g/mol. The average Bonchev–Trinajstić information content (AvgIpc) is 3.66. The fraction of sp³-hybridized carbons (Fsp3) is 0.412. The van der Waals surface area contributed by atoms with Crippen LogP contribution < -0.4 is 20.7 Å². The van der Waals surface area contributed by atoms with Crippen LogP contribution in [0.3, 0.4) is 0 Å². The number of benzene rings is 2. The summed E-state index contributed by atoms with van der Waals surface area (Å²) in [7, 11) is 0. The highest BCUT2D eigenvalue weighted by molar-refractivity contribution is 5.74. The third-order valence-electron chi connectivity index (χ3n) is 9.22. The van der Waals surface area contributed by atoms with E-state index in [2.05, 4.69) is 34.2 Å². The second kappa shape index (κ2) is 12.5. The topological polar surface area (TPSA) is 131 Å². The van der Waals surface area contributed by atoms with Crippen molar-refractivity contribution in [1.82, 2.24) is 25.1 Å². The van der Waals surface area contributed by atoms with Gasteiger partial charge in [0.25, 0.3) is 0 Å². The molecule has 1 unspecified atom stereocenters. The normalized spacial score (nSPS) is 18.5. The number of hydrogen-bond acceptors (Lipinski definition) is 8. The van der Waals surface area contributed by atoms with Crippen LogP contribution in [0.25, 0.3) is 16.8 Å². The number of carboxylic acid groups (broad SMARTS) is 1. The number of halogens is 3. The molecule has 1 spiro atoms. The summed E-state index contributed by atoms with van der Waals surface area (Å²) < 4.78 is 51.8.